The summed E-state index contributed by atoms with van der Waals surface area (Å²) < 4.78 is 61.5. The number of nitrogen functional groups attached to an aromatic ring is 1. The van der Waals surface area contributed by atoms with Gasteiger partial charge in [0.05, 0.1) is 39.8 Å². The molecular weight excluding hydrogens is 578 g/mol. The normalized spacial score (nSPS) is 11.7. The number of anilines is 2. The summed E-state index contributed by atoms with van der Waals surface area (Å²) in [7, 11) is -2.37. The number of halogens is 2. The van der Waals surface area contributed by atoms with Crippen molar-refractivity contribution in [1.82, 2.24) is 10.3 Å². The first kappa shape index (κ1) is 27.8. The SMILES string of the molecule is CNC(=O)c1c(-c2ccc(F)cc2)oc2cc(NS(C)(=O)=O)c(-c3ccc4c(=O)c5cccc(F)c5cc(N)c4n3)cc12. The van der Waals surface area contributed by atoms with E-state index in [2.05, 4.69) is 15.0 Å². The predicted octanol–water partition coefficient (Wildman–Crippen LogP) is 5.42. The number of amides is 1. The molecule has 0 radical (unpaired) electrons. The minimum atomic E-state index is -3.81. The fourth-order valence-corrected chi connectivity index (χ4v) is 5.63. The largest absolute Gasteiger partial charge is 0.455 e. The maximum atomic E-state index is 14.6. The molecule has 6 aromatic rings. The minimum Gasteiger partial charge on any atom is -0.455 e. The molecule has 2 heterocycles. The summed E-state index contributed by atoms with van der Waals surface area (Å²) in [5.74, 6) is -1.45. The summed E-state index contributed by atoms with van der Waals surface area (Å²) in [6.07, 6.45) is 0.971. The first-order valence-electron chi connectivity index (χ1n) is 12.8. The topological polar surface area (TPSA) is 144 Å². The van der Waals surface area contributed by atoms with Gasteiger partial charge in [0.25, 0.3) is 5.91 Å². The summed E-state index contributed by atoms with van der Waals surface area (Å²) >= 11 is 0. The van der Waals surface area contributed by atoms with Gasteiger partial charge in [-0.05, 0) is 54.6 Å². The molecule has 0 unspecified atom stereocenters. The highest BCUT2D eigenvalue weighted by Gasteiger charge is 2.25. The fourth-order valence-electron chi connectivity index (χ4n) is 5.06. The quantitative estimate of drug-likeness (QED) is 0.240. The molecule has 0 aliphatic carbocycles. The number of sulfonamides is 1. The summed E-state index contributed by atoms with van der Waals surface area (Å²) in [5, 5.41) is 3.18. The number of rotatable bonds is 5. The Hall–Kier alpha value is -5.36. The lowest BCUT2D eigenvalue weighted by molar-refractivity contribution is 0.0964. The molecule has 216 valence electrons. The third-order valence-corrected chi connectivity index (χ3v) is 7.56. The Balaban J connectivity index is 1.67. The van der Waals surface area contributed by atoms with Crippen LogP contribution in [0, 0.1) is 11.6 Å². The molecule has 9 nitrogen and oxygen atoms in total. The summed E-state index contributed by atoms with van der Waals surface area (Å²) in [6.45, 7) is 0. The van der Waals surface area contributed by atoms with Crippen LogP contribution >= 0.6 is 0 Å². The molecular formula is C31H22F2N4O5S. The Morgan fingerprint density at radius 1 is 0.930 bits per heavy atom. The first-order valence-corrected chi connectivity index (χ1v) is 14.7. The number of furan rings is 1. The van der Waals surface area contributed by atoms with Crippen LogP contribution in [0.5, 0.6) is 0 Å². The van der Waals surface area contributed by atoms with Gasteiger partial charge in [0.15, 0.2) is 5.43 Å². The molecule has 4 N–H and O–H groups in total. The number of benzene rings is 3. The number of pyridine rings is 1. The third kappa shape index (κ3) is 4.91. The van der Waals surface area contributed by atoms with Gasteiger partial charge >= 0.3 is 0 Å². The van der Waals surface area contributed by atoms with E-state index < -0.39 is 33.0 Å². The van der Waals surface area contributed by atoms with E-state index >= 15 is 0 Å². The van der Waals surface area contributed by atoms with Crippen molar-refractivity contribution in [3.05, 3.63) is 100 Å². The van der Waals surface area contributed by atoms with Gasteiger partial charge in [-0.25, -0.2) is 22.2 Å². The van der Waals surface area contributed by atoms with Gasteiger partial charge in [-0.15, -0.1) is 0 Å². The zero-order valence-electron chi connectivity index (χ0n) is 22.7. The van der Waals surface area contributed by atoms with Crippen molar-refractivity contribution in [2.75, 3.05) is 23.8 Å². The standard InChI is InChI=1S/C31H22F2N4O5S/c1-35-31(39)27-21-12-20(25(37-43(2,40)41)14-26(21)42-30(27)15-6-8-16(32)9-7-15)24-11-10-18-28(36-24)23(34)13-19-17(29(18)38)4-3-5-22(19)33/h3-14,37H,34H2,1-2H3,(H,35,39). The van der Waals surface area contributed by atoms with E-state index in [1.54, 1.807) is 0 Å². The van der Waals surface area contributed by atoms with E-state index in [-0.39, 0.29) is 61.2 Å². The predicted molar refractivity (Wildman–Crippen MR) is 162 cm³/mol. The van der Waals surface area contributed by atoms with Crippen molar-refractivity contribution >= 4 is 59.9 Å². The van der Waals surface area contributed by atoms with Gasteiger partial charge in [-0.1, -0.05) is 12.1 Å². The molecule has 0 fully saturated rings. The van der Waals surface area contributed by atoms with Gasteiger partial charge in [-0.2, -0.15) is 0 Å². The van der Waals surface area contributed by atoms with E-state index in [1.165, 1.54) is 79.8 Å². The Labute approximate surface area is 243 Å². The van der Waals surface area contributed by atoms with Gasteiger partial charge in [0, 0.05) is 40.4 Å². The van der Waals surface area contributed by atoms with Crippen LogP contribution in [0.3, 0.4) is 0 Å². The summed E-state index contributed by atoms with van der Waals surface area (Å²) in [4.78, 5) is 31.0. The van der Waals surface area contributed by atoms with E-state index in [4.69, 9.17) is 10.2 Å². The third-order valence-electron chi connectivity index (χ3n) is 6.97. The zero-order valence-corrected chi connectivity index (χ0v) is 23.5. The van der Waals surface area contributed by atoms with Crippen LogP contribution in [-0.4, -0.2) is 32.6 Å². The lowest BCUT2D eigenvalue weighted by atomic mass is 10.0. The maximum absolute atomic E-state index is 14.6. The zero-order chi connectivity index (χ0) is 30.6. The number of carbonyl (C=O) groups excluding carboxylic acids is 1. The van der Waals surface area contributed by atoms with Crippen molar-refractivity contribution in [3.8, 4) is 22.6 Å². The molecule has 1 amide bonds. The monoisotopic (exact) mass is 600 g/mol. The molecule has 0 aliphatic rings. The molecule has 0 atom stereocenters. The van der Waals surface area contributed by atoms with Crippen molar-refractivity contribution in [3.63, 3.8) is 0 Å². The molecule has 6 rings (SSSR count). The number of fused-ring (bicyclic) bond motifs is 3. The molecule has 0 spiro atoms. The number of nitrogens with zero attached hydrogens (tertiary/aromatic N) is 1. The minimum absolute atomic E-state index is 0.0284. The molecule has 43 heavy (non-hydrogen) atoms. The lowest BCUT2D eigenvalue weighted by Gasteiger charge is -2.12. The Morgan fingerprint density at radius 3 is 2.37 bits per heavy atom. The fraction of sp³-hybridized carbons (Fsp3) is 0.0645. The molecule has 12 heteroatoms. The average Bonchev–Trinajstić information content (AvgIpc) is 3.29. The van der Waals surface area contributed by atoms with Gasteiger partial charge < -0.3 is 15.5 Å². The van der Waals surface area contributed by atoms with Crippen LogP contribution in [-0.2, 0) is 10.0 Å². The molecule has 0 saturated heterocycles. The van der Waals surface area contributed by atoms with Crippen LogP contribution in [0.25, 0.3) is 55.2 Å². The molecule has 4 aromatic carbocycles. The Morgan fingerprint density at radius 2 is 1.67 bits per heavy atom. The van der Waals surface area contributed by atoms with Crippen molar-refractivity contribution in [1.29, 1.82) is 0 Å². The van der Waals surface area contributed by atoms with Gasteiger partial charge in [-0.3, -0.25) is 14.3 Å². The van der Waals surface area contributed by atoms with Gasteiger partial charge in [0.1, 0.15) is 23.0 Å². The number of aromatic nitrogens is 1. The second-order valence-corrected chi connectivity index (χ2v) is 11.6. The number of nitrogens with one attached hydrogen (secondary N) is 2. The smallest absolute Gasteiger partial charge is 0.255 e. The van der Waals surface area contributed by atoms with E-state index in [1.807, 2.05) is 0 Å². The second kappa shape index (κ2) is 10.2. The van der Waals surface area contributed by atoms with Crippen molar-refractivity contribution in [2.24, 2.45) is 0 Å². The van der Waals surface area contributed by atoms with Gasteiger partial charge in [0.2, 0.25) is 10.0 Å². The van der Waals surface area contributed by atoms with Crippen LogP contribution in [0.2, 0.25) is 0 Å². The Kier molecular flexibility index (Phi) is 6.57. The highest BCUT2D eigenvalue weighted by atomic mass is 32.2. The van der Waals surface area contributed by atoms with Crippen LogP contribution < -0.4 is 21.2 Å². The van der Waals surface area contributed by atoms with E-state index in [0.717, 1.165) is 6.26 Å². The number of carbonyl (C=O) groups is 1. The average molecular weight is 601 g/mol. The molecule has 2 aromatic heterocycles. The molecule has 0 aliphatic heterocycles. The highest BCUT2D eigenvalue weighted by molar-refractivity contribution is 7.92. The second-order valence-electron chi connectivity index (χ2n) is 9.88. The Bertz CT molecular complexity index is 2300. The number of hydrogen-bond acceptors (Lipinski definition) is 7. The lowest BCUT2D eigenvalue weighted by Crippen LogP contribution is -2.18. The van der Waals surface area contributed by atoms with Crippen molar-refractivity contribution in [2.45, 2.75) is 0 Å². The van der Waals surface area contributed by atoms with E-state index in [9.17, 15) is 26.8 Å². The molecule has 0 saturated carbocycles. The van der Waals surface area contributed by atoms with Crippen molar-refractivity contribution < 1.29 is 26.4 Å². The molecule has 0 bridgehead atoms. The number of nitrogens with two attached hydrogens (primary N) is 1. The summed E-state index contributed by atoms with van der Waals surface area (Å²) in [5.41, 5.74) is 7.16. The maximum Gasteiger partial charge on any atom is 0.255 e. The van der Waals surface area contributed by atoms with E-state index in [0.29, 0.717) is 10.9 Å². The highest BCUT2D eigenvalue weighted by Crippen LogP contribution is 2.40. The summed E-state index contributed by atoms with van der Waals surface area (Å²) in [6, 6.07) is 16.8. The van der Waals surface area contributed by atoms with Crippen LogP contribution in [0.4, 0.5) is 20.2 Å². The number of hydrogen-bond donors (Lipinski definition) is 3. The first-order chi connectivity index (χ1) is 20.4. The van der Waals surface area contributed by atoms with Crippen LogP contribution in [0.1, 0.15) is 10.4 Å². The van der Waals surface area contributed by atoms with Crippen LogP contribution in [0.15, 0.2) is 82.0 Å².